The first-order chi connectivity index (χ1) is 15.3. The van der Waals surface area contributed by atoms with Crippen molar-refractivity contribution < 1.29 is 31.4 Å². The Kier molecular flexibility index (Phi) is 7.06. The van der Waals surface area contributed by atoms with E-state index in [1.54, 1.807) is 6.92 Å². The standard InChI is InChI=1S/C23H24F5N3O2/c1-13(2)11-22(3,29)12-32-20-9-14(21(24)25)8-19(31-20)16-6-7-30-18-5-4-15(10-17(16)18)33-23(26,27)28/h4-10,13,21H,11-12,29H2,1-3H3/t22-/m0/s1. The highest BCUT2D eigenvalue weighted by molar-refractivity contribution is 5.94. The smallest absolute Gasteiger partial charge is 0.476 e. The van der Waals surface area contributed by atoms with Gasteiger partial charge in [0.2, 0.25) is 5.88 Å². The average molecular weight is 469 g/mol. The molecule has 2 heterocycles. The van der Waals surface area contributed by atoms with E-state index in [1.807, 2.05) is 13.8 Å². The van der Waals surface area contributed by atoms with Crippen LogP contribution in [0.5, 0.6) is 11.6 Å². The highest BCUT2D eigenvalue weighted by atomic mass is 19.4. The number of hydrogen-bond acceptors (Lipinski definition) is 5. The van der Waals surface area contributed by atoms with Crippen LogP contribution in [0.2, 0.25) is 0 Å². The van der Waals surface area contributed by atoms with Crippen LogP contribution in [0.1, 0.15) is 39.2 Å². The lowest BCUT2D eigenvalue weighted by atomic mass is 9.93. The summed E-state index contributed by atoms with van der Waals surface area (Å²) in [6.45, 7) is 5.85. The Hall–Kier alpha value is -3.01. The monoisotopic (exact) mass is 469 g/mol. The zero-order chi connectivity index (χ0) is 24.4. The predicted molar refractivity (Wildman–Crippen MR) is 114 cm³/mol. The molecule has 5 nitrogen and oxygen atoms in total. The number of halogens is 5. The van der Waals surface area contributed by atoms with Gasteiger partial charge in [0.15, 0.2) is 0 Å². The predicted octanol–water partition coefficient (Wildman–Crippen LogP) is 6.28. The topological polar surface area (TPSA) is 70.3 Å². The van der Waals surface area contributed by atoms with Crippen molar-refractivity contribution in [2.45, 2.75) is 45.5 Å². The van der Waals surface area contributed by atoms with Gasteiger partial charge in [0.25, 0.3) is 6.43 Å². The molecule has 0 bridgehead atoms. The molecule has 1 aromatic carbocycles. The quantitative estimate of drug-likeness (QED) is 0.394. The third-order valence-corrected chi connectivity index (χ3v) is 4.72. The summed E-state index contributed by atoms with van der Waals surface area (Å²) >= 11 is 0. The summed E-state index contributed by atoms with van der Waals surface area (Å²) in [6.07, 6.45) is -5.63. The van der Waals surface area contributed by atoms with Crippen molar-refractivity contribution in [2.75, 3.05) is 6.61 Å². The zero-order valence-corrected chi connectivity index (χ0v) is 18.3. The zero-order valence-electron chi connectivity index (χ0n) is 18.3. The number of rotatable bonds is 8. The van der Waals surface area contributed by atoms with Crippen molar-refractivity contribution >= 4 is 10.9 Å². The number of ether oxygens (including phenoxy) is 2. The second kappa shape index (κ2) is 9.46. The van der Waals surface area contributed by atoms with Crippen LogP contribution in [0.15, 0.2) is 42.6 Å². The molecule has 0 aliphatic carbocycles. The van der Waals surface area contributed by atoms with Crippen molar-refractivity contribution in [3.63, 3.8) is 0 Å². The Bertz CT molecular complexity index is 1120. The lowest BCUT2D eigenvalue weighted by molar-refractivity contribution is -0.274. The van der Waals surface area contributed by atoms with Crippen molar-refractivity contribution in [1.29, 1.82) is 0 Å². The van der Waals surface area contributed by atoms with Gasteiger partial charge in [-0.3, -0.25) is 4.98 Å². The average Bonchev–Trinajstić information content (AvgIpc) is 2.69. The van der Waals surface area contributed by atoms with Gasteiger partial charge in [-0.15, -0.1) is 13.2 Å². The van der Waals surface area contributed by atoms with Crippen LogP contribution in [0, 0.1) is 5.92 Å². The molecule has 2 aromatic heterocycles. The van der Waals surface area contributed by atoms with Crippen LogP contribution in [0.3, 0.4) is 0 Å². The van der Waals surface area contributed by atoms with Crippen LogP contribution in [-0.4, -0.2) is 28.5 Å². The summed E-state index contributed by atoms with van der Waals surface area (Å²) in [5, 5.41) is 0.257. The van der Waals surface area contributed by atoms with Gasteiger partial charge in [-0.2, -0.15) is 0 Å². The van der Waals surface area contributed by atoms with Crippen LogP contribution < -0.4 is 15.2 Å². The maximum atomic E-state index is 13.6. The number of alkyl halides is 5. The summed E-state index contributed by atoms with van der Waals surface area (Å²) in [4.78, 5) is 8.44. The number of aromatic nitrogens is 2. The molecule has 10 heteroatoms. The Balaban J connectivity index is 2.03. The summed E-state index contributed by atoms with van der Waals surface area (Å²) < 4.78 is 74.8. The van der Waals surface area contributed by atoms with E-state index in [1.165, 1.54) is 24.4 Å². The lowest BCUT2D eigenvalue weighted by Gasteiger charge is -2.26. The van der Waals surface area contributed by atoms with Crippen molar-refractivity contribution in [3.05, 3.63) is 48.2 Å². The van der Waals surface area contributed by atoms with E-state index in [9.17, 15) is 22.0 Å². The van der Waals surface area contributed by atoms with E-state index in [4.69, 9.17) is 10.5 Å². The normalized spacial score (nSPS) is 14.0. The number of nitrogens with zero attached hydrogens (tertiary/aromatic N) is 2. The van der Waals surface area contributed by atoms with Crippen LogP contribution >= 0.6 is 0 Å². The lowest BCUT2D eigenvalue weighted by Crippen LogP contribution is -2.43. The Morgan fingerprint density at radius 2 is 1.79 bits per heavy atom. The van der Waals surface area contributed by atoms with Gasteiger partial charge in [-0.05, 0) is 49.6 Å². The van der Waals surface area contributed by atoms with Gasteiger partial charge >= 0.3 is 6.36 Å². The molecule has 1 atom stereocenters. The van der Waals surface area contributed by atoms with Gasteiger partial charge in [0.1, 0.15) is 12.4 Å². The largest absolute Gasteiger partial charge is 0.573 e. The molecule has 3 aromatic rings. The molecule has 0 unspecified atom stereocenters. The summed E-state index contributed by atoms with van der Waals surface area (Å²) in [5.74, 6) is -0.218. The minimum Gasteiger partial charge on any atom is -0.476 e. The minimum absolute atomic E-state index is 0.0466. The fourth-order valence-corrected chi connectivity index (χ4v) is 3.64. The first-order valence-electron chi connectivity index (χ1n) is 10.2. The molecule has 0 spiro atoms. The second-order valence-corrected chi connectivity index (χ2v) is 8.55. The molecule has 178 valence electrons. The number of nitrogens with two attached hydrogens (primary N) is 1. The molecule has 3 rings (SSSR count). The summed E-state index contributed by atoms with van der Waals surface area (Å²) in [7, 11) is 0. The fraction of sp³-hybridized carbons (Fsp3) is 0.391. The fourth-order valence-electron chi connectivity index (χ4n) is 3.64. The van der Waals surface area contributed by atoms with E-state index in [2.05, 4.69) is 14.7 Å². The van der Waals surface area contributed by atoms with E-state index in [0.717, 1.165) is 18.2 Å². The van der Waals surface area contributed by atoms with E-state index in [0.29, 0.717) is 23.4 Å². The minimum atomic E-state index is -4.88. The molecule has 33 heavy (non-hydrogen) atoms. The molecular formula is C23H24F5N3O2. The highest BCUT2D eigenvalue weighted by Crippen LogP contribution is 2.34. The Labute approximate surface area is 187 Å². The first kappa shape index (κ1) is 24.6. The number of fused-ring (bicyclic) bond motifs is 1. The van der Waals surface area contributed by atoms with Gasteiger partial charge < -0.3 is 15.2 Å². The SMILES string of the molecule is CC(C)C[C@](C)(N)COc1cc(C(F)F)cc(-c2ccnc3ccc(OC(F)(F)F)cc23)n1. The Morgan fingerprint density at radius 3 is 2.42 bits per heavy atom. The molecule has 0 aliphatic rings. The van der Waals surface area contributed by atoms with Gasteiger partial charge in [-0.1, -0.05) is 13.8 Å². The van der Waals surface area contributed by atoms with Crippen LogP contribution in [0.4, 0.5) is 22.0 Å². The molecule has 2 N–H and O–H groups in total. The third kappa shape index (κ3) is 6.74. The molecule has 0 radical (unpaired) electrons. The second-order valence-electron chi connectivity index (χ2n) is 8.55. The number of hydrogen-bond donors (Lipinski definition) is 1. The van der Waals surface area contributed by atoms with Crippen molar-refractivity contribution in [1.82, 2.24) is 9.97 Å². The van der Waals surface area contributed by atoms with Crippen LogP contribution in [0.25, 0.3) is 22.2 Å². The maximum absolute atomic E-state index is 13.6. The number of pyridine rings is 2. The summed E-state index contributed by atoms with van der Waals surface area (Å²) in [5.41, 5.74) is 5.94. The Morgan fingerprint density at radius 1 is 1.06 bits per heavy atom. The molecule has 0 aliphatic heterocycles. The van der Waals surface area contributed by atoms with Gasteiger partial charge in [-0.25, -0.2) is 13.8 Å². The molecule has 0 saturated heterocycles. The molecular weight excluding hydrogens is 445 g/mol. The number of benzene rings is 1. The first-order valence-corrected chi connectivity index (χ1v) is 10.2. The van der Waals surface area contributed by atoms with E-state index < -0.39 is 24.1 Å². The summed E-state index contributed by atoms with van der Waals surface area (Å²) in [6, 6.07) is 7.39. The molecule has 0 amide bonds. The molecule has 0 saturated carbocycles. The molecule has 0 fully saturated rings. The third-order valence-electron chi connectivity index (χ3n) is 4.72. The maximum Gasteiger partial charge on any atom is 0.573 e. The van der Waals surface area contributed by atoms with Crippen molar-refractivity contribution in [2.24, 2.45) is 11.7 Å². The van der Waals surface area contributed by atoms with E-state index in [-0.39, 0.29) is 29.1 Å². The van der Waals surface area contributed by atoms with Crippen molar-refractivity contribution in [3.8, 4) is 22.9 Å². The van der Waals surface area contributed by atoms with E-state index >= 15 is 0 Å². The van der Waals surface area contributed by atoms with Gasteiger partial charge in [0, 0.05) is 34.3 Å². The highest BCUT2D eigenvalue weighted by Gasteiger charge is 2.31. The van der Waals surface area contributed by atoms with Gasteiger partial charge in [0.05, 0.1) is 11.2 Å². The van der Waals surface area contributed by atoms with Crippen LogP contribution in [-0.2, 0) is 0 Å².